The van der Waals surface area contributed by atoms with E-state index in [1.165, 1.54) is 295 Å². The highest BCUT2D eigenvalue weighted by Crippen LogP contribution is 2.45. The van der Waals surface area contributed by atoms with Crippen molar-refractivity contribution in [1.82, 2.24) is 0 Å². The Morgan fingerprint density at radius 3 is 0.630 bits per heavy atom. The largest absolute Gasteiger partial charge is 0.472 e. The van der Waals surface area contributed by atoms with Crippen molar-refractivity contribution in [3.05, 3.63) is 0 Å². The van der Waals surface area contributed by atoms with Crippen molar-refractivity contribution in [2.45, 2.75) is 496 Å². The maximum absolute atomic E-state index is 13.2. The molecule has 17 nitrogen and oxygen atoms in total. The molecule has 108 heavy (non-hydrogen) atoms. The summed E-state index contributed by atoms with van der Waals surface area (Å²) in [5.41, 5.74) is 0. The lowest BCUT2D eigenvalue weighted by Crippen LogP contribution is -2.30. The van der Waals surface area contributed by atoms with E-state index >= 15 is 0 Å². The summed E-state index contributed by atoms with van der Waals surface area (Å²) < 4.78 is 69.0. The van der Waals surface area contributed by atoms with Crippen LogP contribution in [0.5, 0.6) is 0 Å². The van der Waals surface area contributed by atoms with Gasteiger partial charge >= 0.3 is 39.5 Å². The van der Waals surface area contributed by atoms with Crippen LogP contribution in [0.3, 0.4) is 0 Å². The Hall–Kier alpha value is -1.94. The maximum atomic E-state index is 13.2. The molecule has 2 unspecified atom stereocenters. The van der Waals surface area contributed by atoms with Crippen LogP contribution in [-0.2, 0) is 65.4 Å². The third-order valence-corrected chi connectivity index (χ3v) is 22.9. The van der Waals surface area contributed by atoms with Gasteiger partial charge in [0.05, 0.1) is 26.4 Å². The monoisotopic (exact) mass is 1580 g/mol. The second kappa shape index (κ2) is 80.3. The molecule has 0 aromatic rings. The van der Waals surface area contributed by atoms with Crippen LogP contribution in [0.4, 0.5) is 0 Å². The zero-order valence-corrected chi connectivity index (χ0v) is 73.0. The lowest BCUT2D eigenvalue weighted by molar-refractivity contribution is -0.161. The Labute approximate surface area is 664 Å². The van der Waals surface area contributed by atoms with Crippen LogP contribution in [0.25, 0.3) is 0 Å². The molecule has 0 spiro atoms. The zero-order chi connectivity index (χ0) is 79.2. The van der Waals surface area contributed by atoms with Crippen molar-refractivity contribution >= 4 is 39.5 Å². The minimum Gasteiger partial charge on any atom is -0.462 e. The van der Waals surface area contributed by atoms with E-state index in [4.69, 9.17) is 37.0 Å². The van der Waals surface area contributed by atoms with Gasteiger partial charge in [-0.1, -0.05) is 427 Å². The summed E-state index contributed by atoms with van der Waals surface area (Å²) in [6, 6.07) is 0. The van der Waals surface area contributed by atoms with Gasteiger partial charge in [0.25, 0.3) is 0 Å². The molecule has 0 aliphatic rings. The molecule has 0 aromatic carbocycles. The van der Waals surface area contributed by atoms with Crippen molar-refractivity contribution in [3.8, 4) is 0 Å². The summed E-state index contributed by atoms with van der Waals surface area (Å²) in [5.74, 6) is -0.483. The number of carbonyl (C=O) groups is 4. The van der Waals surface area contributed by atoms with Gasteiger partial charge in [0.1, 0.15) is 19.3 Å². The zero-order valence-electron chi connectivity index (χ0n) is 71.2. The first kappa shape index (κ1) is 106. The molecule has 3 N–H and O–H groups in total. The summed E-state index contributed by atoms with van der Waals surface area (Å²) in [5, 5.41) is 10.7. The van der Waals surface area contributed by atoms with Gasteiger partial charge in [-0.05, 0) is 37.5 Å². The first-order valence-electron chi connectivity index (χ1n) is 46.0. The molecule has 0 bridgehead atoms. The van der Waals surface area contributed by atoms with Gasteiger partial charge in [-0.15, -0.1) is 0 Å². The summed E-state index contributed by atoms with van der Waals surface area (Å²) in [6.07, 6.45) is 73.7. The second-order valence-electron chi connectivity index (χ2n) is 32.9. The predicted molar refractivity (Wildman–Crippen MR) is 446 cm³/mol. The Bertz CT molecular complexity index is 2060. The Kier molecular flexibility index (Phi) is 78.8. The quantitative estimate of drug-likeness (QED) is 0.0222. The number of unbranched alkanes of at least 4 members (excludes halogenated alkanes) is 58. The van der Waals surface area contributed by atoms with Crippen LogP contribution < -0.4 is 0 Å². The number of aliphatic hydroxyl groups is 1. The number of carbonyl (C=O) groups excluding carboxylic acids is 4. The third kappa shape index (κ3) is 82.1. The Morgan fingerprint density at radius 2 is 0.426 bits per heavy atom. The van der Waals surface area contributed by atoms with Crippen LogP contribution in [0, 0.1) is 11.8 Å². The Morgan fingerprint density at radius 1 is 0.250 bits per heavy atom. The fraction of sp³-hybridized carbons (Fsp3) is 0.955. The molecular weight excluding hydrogens is 1400 g/mol. The number of phosphoric acid groups is 2. The van der Waals surface area contributed by atoms with Gasteiger partial charge < -0.3 is 33.8 Å². The number of rotatable bonds is 88. The summed E-state index contributed by atoms with van der Waals surface area (Å²) in [7, 11) is -9.93. The normalized spacial score (nSPS) is 13.8. The summed E-state index contributed by atoms with van der Waals surface area (Å²) in [6.45, 7) is 9.74. The smallest absolute Gasteiger partial charge is 0.462 e. The van der Waals surface area contributed by atoms with Crippen LogP contribution in [0.1, 0.15) is 478 Å². The molecule has 642 valence electrons. The van der Waals surface area contributed by atoms with Gasteiger partial charge in [-0.3, -0.25) is 37.3 Å². The molecule has 0 aromatic heterocycles. The number of phosphoric ester groups is 2. The minimum absolute atomic E-state index is 0.108. The van der Waals surface area contributed by atoms with Crippen molar-refractivity contribution in [3.63, 3.8) is 0 Å². The van der Waals surface area contributed by atoms with E-state index in [1.54, 1.807) is 0 Å². The van der Waals surface area contributed by atoms with Crippen LogP contribution in [0.2, 0.25) is 0 Å². The first-order valence-corrected chi connectivity index (χ1v) is 49.0. The molecule has 0 heterocycles. The van der Waals surface area contributed by atoms with E-state index < -0.39 is 97.5 Å². The standard InChI is InChI=1S/C89H174O17P2/c1-7-9-11-13-15-17-19-20-21-22-23-24-28-31-37-42-48-54-60-66-72-87(92)100-78-85(106-88(93)73-67-61-55-49-43-38-32-29-26-25-27-30-35-40-45-51-57-63-69-81(3)4)80-104-108(97,98)102-76-83(90)75-101-107(95,96)103-79-84(77-99-86(91)71-65-59-53-47-18-16-14-12-10-8-2)105-89(94)74-68-62-56-50-44-39-34-33-36-41-46-52-58-64-70-82(5)6/h81-85,90H,7-80H2,1-6H3,(H,95,96)(H,97,98)/t83-,84+,85+/m0/s1. The number of hydrogen-bond donors (Lipinski definition) is 3. The molecule has 0 saturated heterocycles. The molecule has 0 radical (unpaired) electrons. The van der Waals surface area contributed by atoms with E-state index in [-0.39, 0.29) is 25.7 Å². The number of ether oxygens (including phenoxy) is 4. The molecular formula is C89H174O17P2. The van der Waals surface area contributed by atoms with E-state index in [9.17, 15) is 43.2 Å². The SMILES string of the molecule is CCCCCCCCCCCCCCCCCCCCCCC(=O)OC[C@H](COP(=O)(O)OC[C@@H](O)COP(=O)(O)OC[C@@H](COC(=O)CCCCCCCCCCCC)OC(=O)CCCCCCCCCCCCCCCCC(C)C)OC(=O)CCCCCCCCCCCCCCCCCCCCC(C)C. The van der Waals surface area contributed by atoms with E-state index in [0.717, 1.165) is 102 Å². The van der Waals surface area contributed by atoms with Crippen LogP contribution >= 0.6 is 15.6 Å². The number of hydrogen-bond acceptors (Lipinski definition) is 15. The fourth-order valence-electron chi connectivity index (χ4n) is 14.0. The fourth-order valence-corrected chi connectivity index (χ4v) is 15.5. The average Bonchev–Trinajstić information content (AvgIpc) is 0.903. The maximum Gasteiger partial charge on any atom is 0.472 e. The lowest BCUT2D eigenvalue weighted by atomic mass is 10.0. The molecule has 0 amide bonds. The molecule has 0 rings (SSSR count). The summed E-state index contributed by atoms with van der Waals surface area (Å²) in [4.78, 5) is 73.3. The second-order valence-corrected chi connectivity index (χ2v) is 35.8. The first-order chi connectivity index (χ1) is 52.4. The molecule has 5 atom stereocenters. The Balaban J connectivity index is 5.22. The highest BCUT2D eigenvalue weighted by Gasteiger charge is 2.31. The molecule has 19 heteroatoms. The van der Waals surface area contributed by atoms with Gasteiger partial charge in [-0.2, -0.15) is 0 Å². The minimum atomic E-state index is -4.97. The van der Waals surface area contributed by atoms with E-state index in [1.807, 2.05) is 0 Å². The number of esters is 4. The molecule has 0 aliphatic carbocycles. The van der Waals surface area contributed by atoms with Crippen molar-refractivity contribution in [1.29, 1.82) is 0 Å². The van der Waals surface area contributed by atoms with E-state index in [0.29, 0.717) is 25.7 Å². The van der Waals surface area contributed by atoms with Crippen LogP contribution in [-0.4, -0.2) is 96.7 Å². The highest BCUT2D eigenvalue weighted by molar-refractivity contribution is 7.47. The van der Waals surface area contributed by atoms with Crippen LogP contribution in [0.15, 0.2) is 0 Å². The van der Waals surface area contributed by atoms with Crippen molar-refractivity contribution in [2.24, 2.45) is 11.8 Å². The highest BCUT2D eigenvalue weighted by atomic mass is 31.2. The van der Waals surface area contributed by atoms with Gasteiger partial charge in [-0.25, -0.2) is 9.13 Å². The van der Waals surface area contributed by atoms with Gasteiger partial charge in [0.2, 0.25) is 0 Å². The van der Waals surface area contributed by atoms with Gasteiger partial charge in [0.15, 0.2) is 12.2 Å². The summed E-state index contributed by atoms with van der Waals surface area (Å²) >= 11 is 0. The van der Waals surface area contributed by atoms with E-state index in [2.05, 4.69) is 41.5 Å². The van der Waals surface area contributed by atoms with Gasteiger partial charge in [0, 0.05) is 25.7 Å². The lowest BCUT2D eigenvalue weighted by Gasteiger charge is -2.21. The topological polar surface area (TPSA) is 237 Å². The van der Waals surface area contributed by atoms with Crippen molar-refractivity contribution < 1.29 is 80.2 Å². The molecule has 0 aliphatic heterocycles. The molecule has 0 fully saturated rings. The average molecular weight is 1580 g/mol. The molecule has 0 saturated carbocycles. The number of aliphatic hydroxyl groups excluding tert-OH is 1. The predicted octanol–water partition coefficient (Wildman–Crippen LogP) is 27.4. The van der Waals surface area contributed by atoms with Crippen molar-refractivity contribution in [2.75, 3.05) is 39.6 Å². The third-order valence-electron chi connectivity index (χ3n) is 21.0.